The van der Waals surface area contributed by atoms with Gasteiger partial charge in [0.25, 0.3) is 0 Å². The van der Waals surface area contributed by atoms with Gasteiger partial charge in [-0.2, -0.15) is 0 Å². The van der Waals surface area contributed by atoms with Crippen LogP contribution in [0.4, 0.5) is 0 Å². The van der Waals surface area contributed by atoms with Crippen LogP contribution >= 0.6 is 7.60 Å². The summed E-state index contributed by atoms with van der Waals surface area (Å²) in [4.78, 5) is 0. The molecule has 1 rings (SSSR count). The van der Waals surface area contributed by atoms with Crippen molar-refractivity contribution in [3.8, 4) is 5.75 Å². The first kappa shape index (κ1) is 12.2. The molecule has 0 heterocycles. The van der Waals surface area contributed by atoms with E-state index >= 15 is 0 Å². The predicted octanol–water partition coefficient (Wildman–Crippen LogP) is 2.68. The zero-order valence-corrected chi connectivity index (χ0v) is 9.99. The van der Waals surface area contributed by atoms with Crippen molar-refractivity contribution in [2.45, 2.75) is 6.16 Å². The minimum absolute atomic E-state index is 0.212. The molecule has 1 aromatic rings. The molecular weight excluding hydrogens is 215 g/mol. The van der Waals surface area contributed by atoms with Crippen molar-refractivity contribution in [1.29, 1.82) is 0 Å². The molecule has 0 spiro atoms. The number of methoxy groups -OCH3 is 1. The Labute approximate surface area is 89.7 Å². The van der Waals surface area contributed by atoms with E-state index in [0.717, 1.165) is 5.56 Å². The first-order chi connectivity index (χ1) is 7.15. The highest BCUT2D eigenvalue weighted by Gasteiger charge is 2.23. The topological polar surface area (TPSA) is 44.8 Å². The molecule has 4 nitrogen and oxygen atoms in total. The van der Waals surface area contributed by atoms with Gasteiger partial charge in [-0.15, -0.1) is 0 Å². The number of ether oxygens (including phenoxy) is 1. The quantitative estimate of drug-likeness (QED) is 0.729. The molecule has 0 fully saturated rings. The Balaban J connectivity index is 2.93. The van der Waals surface area contributed by atoms with E-state index in [2.05, 4.69) is 0 Å². The summed E-state index contributed by atoms with van der Waals surface area (Å²) in [6.07, 6.45) is 0.212. The Morgan fingerprint density at radius 3 is 2.27 bits per heavy atom. The molecule has 0 saturated heterocycles. The van der Waals surface area contributed by atoms with E-state index in [4.69, 9.17) is 13.8 Å². The van der Waals surface area contributed by atoms with Crippen molar-refractivity contribution in [2.24, 2.45) is 0 Å². The number of para-hydroxylation sites is 1. The molecule has 1 aromatic carbocycles. The second-order valence-electron chi connectivity index (χ2n) is 2.95. The van der Waals surface area contributed by atoms with E-state index in [-0.39, 0.29) is 6.16 Å². The maximum absolute atomic E-state index is 11.9. The van der Waals surface area contributed by atoms with E-state index in [0.29, 0.717) is 5.75 Å². The SMILES string of the molecule is COc1ccccc1CP(=O)(OC)OC. The van der Waals surface area contributed by atoms with E-state index in [1.807, 2.05) is 24.3 Å². The Bertz CT molecular complexity index is 356. The second-order valence-corrected chi connectivity index (χ2v) is 5.21. The summed E-state index contributed by atoms with van der Waals surface area (Å²) in [7, 11) is 1.30. The Morgan fingerprint density at radius 1 is 1.13 bits per heavy atom. The normalized spacial score (nSPS) is 11.4. The Hall–Kier alpha value is -0.830. The maximum atomic E-state index is 11.9. The third kappa shape index (κ3) is 3.06. The fourth-order valence-electron chi connectivity index (χ4n) is 1.25. The van der Waals surface area contributed by atoms with Crippen molar-refractivity contribution < 1.29 is 18.3 Å². The zero-order chi connectivity index (χ0) is 11.3. The number of hydrogen-bond acceptors (Lipinski definition) is 4. The third-order valence-electron chi connectivity index (χ3n) is 2.11. The molecule has 84 valence electrons. The monoisotopic (exact) mass is 230 g/mol. The minimum atomic E-state index is -3.02. The molecule has 5 heteroatoms. The van der Waals surface area contributed by atoms with Crippen molar-refractivity contribution in [2.75, 3.05) is 21.3 Å². The zero-order valence-electron chi connectivity index (χ0n) is 9.10. The van der Waals surface area contributed by atoms with E-state index in [9.17, 15) is 4.57 Å². The molecule has 0 amide bonds. The van der Waals surface area contributed by atoms with Crippen molar-refractivity contribution in [1.82, 2.24) is 0 Å². The molecule has 0 atom stereocenters. The van der Waals surface area contributed by atoms with Crippen LogP contribution in [0.1, 0.15) is 5.56 Å². The van der Waals surface area contributed by atoms with Crippen molar-refractivity contribution >= 4 is 7.60 Å². The van der Waals surface area contributed by atoms with Crippen LogP contribution in [0.25, 0.3) is 0 Å². The molecule has 0 N–H and O–H groups in total. The molecule has 0 bridgehead atoms. The second kappa shape index (κ2) is 5.31. The number of rotatable bonds is 5. The summed E-state index contributed by atoms with van der Waals surface area (Å²) >= 11 is 0. The van der Waals surface area contributed by atoms with Gasteiger partial charge in [0.2, 0.25) is 0 Å². The van der Waals surface area contributed by atoms with E-state index < -0.39 is 7.60 Å². The van der Waals surface area contributed by atoms with Crippen LogP contribution < -0.4 is 4.74 Å². The lowest BCUT2D eigenvalue weighted by Gasteiger charge is -2.15. The molecule has 0 aliphatic heterocycles. The van der Waals surface area contributed by atoms with Gasteiger partial charge in [-0.1, -0.05) is 18.2 Å². The largest absolute Gasteiger partial charge is 0.496 e. The fourth-order valence-corrected chi connectivity index (χ4v) is 2.33. The van der Waals surface area contributed by atoms with Gasteiger partial charge in [0.15, 0.2) is 0 Å². The Kier molecular flexibility index (Phi) is 4.33. The summed E-state index contributed by atoms with van der Waals surface area (Å²) < 4.78 is 26.8. The highest BCUT2D eigenvalue weighted by Crippen LogP contribution is 2.50. The highest BCUT2D eigenvalue weighted by atomic mass is 31.2. The van der Waals surface area contributed by atoms with E-state index in [1.54, 1.807) is 7.11 Å². The van der Waals surface area contributed by atoms with Gasteiger partial charge in [0.05, 0.1) is 13.3 Å². The van der Waals surface area contributed by atoms with Crippen LogP contribution in [-0.2, 0) is 19.8 Å². The summed E-state index contributed by atoms with van der Waals surface area (Å²) in [6.45, 7) is 0. The number of hydrogen-bond donors (Lipinski definition) is 0. The third-order valence-corrected chi connectivity index (χ3v) is 3.95. The lowest BCUT2D eigenvalue weighted by molar-refractivity contribution is 0.274. The van der Waals surface area contributed by atoms with Crippen LogP contribution in [0.5, 0.6) is 5.75 Å². The van der Waals surface area contributed by atoms with Crippen LogP contribution in [0.2, 0.25) is 0 Å². The number of benzene rings is 1. The first-order valence-corrected chi connectivity index (χ1v) is 6.20. The lowest BCUT2D eigenvalue weighted by atomic mass is 10.2. The maximum Gasteiger partial charge on any atom is 0.334 e. The average molecular weight is 230 g/mol. The van der Waals surface area contributed by atoms with Crippen LogP contribution in [-0.4, -0.2) is 21.3 Å². The standard InChI is InChI=1S/C10H15O4P/c1-12-10-7-5-4-6-9(10)8-15(11,13-2)14-3/h4-7H,8H2,1-3H3. The van der Waals surface area contributed by atoms with Gasteiger partial charge < -0.3 is 13.8 Å². The van der Waals surface area contributed by atoms with Gasteiger partial charge in [0, 0.05) is 19.8 Å². The van der Waals surface area contributed by atoms with E-state index in [1.165, 1.54) is 14.2 Å². The van der Waals surface area contributed by atoms with Gasteiger partial charge in [-0.05, 0) is 6.07 Å². The first-order valence-electron chi connectivity index (χ1n) is 4.47. The summed E-state index contributed by atoms with van der Waals surface area (Å²) in [6, 6.07) is 7.36. The fraction of sp³-hybridized carbons (Fsp3) is 0.400. The lowest BCUT2D eigenvalue weighted by Crippen LogP contribution is -1.96. The average Bonchev–Trinajstić information content (AvgIpc) is 2.29. The highest BCUT2D eigenvalue weighted by molar-refractivity contribution is 7.52. The van der Waals surface area contributed by atoms with Crippen LogP contribution in [0.15, 0.2) is 24.3 Å². The molecule has 0 aliphatic rings. The molecule has 0 saturated carbocycles. The van der Waals surface area contributed by atoms with Crippen molar-refractivity contribution in [3.05, 3.63) is 29.8 Å². The molecular formula is C10H15O4P. The van der Waals surface area contributed by atoms with Crippen LogP contribution in [0.3, 0.4) is 0 Å². The molecule has 0 radical (unpaired) electrons. The van der Waals surface area contributed by atoms with Gasteiger partial charge >= 0.3 is 7.60 Å². The molecule has 15 heavy (non-hydrogen) atoms. The van der Waals surface area contributed by atoms with Gasteiger partial charge in [-0.3, -0.25) is 4.57 Å². The van der Waals surface area contributed by atoms with Crippen molar-refractivity contribution in [3.63, 3.8) is 0 Å². The summed E-state index contributed by atoms with van der Waals surface area (Å²) in [5, 5.41) is 0. The molecule has 0 aliphatic carbocycles. The Morgan fingerprint density at radius 2 is 1.73 bits per heavy atom. The molecule has 0 unspecified atom stereocenters. The summed E-state index contributed by atoms with van der Waals surface area (Å²) in [5.41, 5.74) is 0.812. The summed E-state index contributed by atoms with van der Waals surface area (Å²) in [5.74, 6) is 0.687. The van der Waals surface area contributed by atoms with Gasteiger partial charge in [0.1, 0.15) is 5.75 Å². The predicted molar refractivity (Wildman–Crippen MR) is 58.3 cm³/mol. The molecule has 0 aromatic heterocycles. The van der Waals surface area contributed by atoms with Crippen LogP contribution in [0, 0.1) is 0 Å². The minimum Gasteiger partial charge on any atom is -0.496 e. The smallest absolute Gasteiger partial charge is 0.334 e. The van der Waals surface area contributed by atoms with Gasteiger partial charge in [-0.25, -0.2) is 0 Å².